The zero-order valence-corrected chi connectivity index (χ0v) is 13.5. The minimum absolute atomic E-state index is 0.168. The molecule has 0 aliphatic carbocycles. The van der Waals surface area contributed by atoms with Crippen LogP contribution in [-0.4, -0.2) is 24.6 Å². The topological polar surface area (TPSA) is 82.7 Å². The largest absolute Gasteiger partial charge is 0.504 e. The number of imidazole rings is 1. The molecule has 0 atom stereocenters. The van der Waals surface area contributed by atoms with Crippen molar-refractivity contribution < 1.29 is 10.2 Å². The number of hydrogen-bond donors (Lipinski definition) is 3. The van der Waals surface area contributed by atoms with Crippen molar-refractivity contribution in [1.82, 2.24) is 14.4 Å². The predicted molar refractivity (Wildman–Crippen MR) is 96.2 cm³/mol. The van der Waals surface area contributed by atoms with E-state index in [1.807, 2.05) is 47.9 Å². The van der Waals surface area contributed by atoms with Gasteiger partial charge in [0.05, 0.1) is 0 Å². The Morgan fingerprint density at radius 1 is 1.00 bits per heavy atom. The molecule has 0 bridgehead atoms. The highest BCUT2D eigenvalue weighted by Gasteiger charge is 2.16. The quantitative estimate of drug-likeness (QED) is 0.496. The molecule has 0 radical (unpaired) electrons. The molecule has 0 saturated carbocycles. The van der Waals surface area contributed by atoms with Crippen LogP contribution in [-0.2, 0) is 0 Å². The van der Waals surface area contributed by atoms with Crippen LogP contribution in [0.1, 0.15) is 5.56 Å². The zero-order chi connectivity index (χ0) is 17.4. The molecule has 6 heteroatoms. The molecule has 25 heavy (non-hydrogen) atoms. The van der Waals surface area contributed by atoms with Gasteiger partial charge in [-0.3, -0.25) is 4.40 Å². The van der Waals surface area contributed by atoms with Gasteiger partial charge in [0.1, 0.15) is 11.5 Å². The third-order valence-corrected chi connectivity index (χ3v) is 3.97. The second kappa shape index (κ2) is 5.83. The van der Waals surface area contributed by atoms with Crippen LogP contribution in [0.3, 0.4) is 0 Å². The molecule has 6 nitrogen and oxygen atoms in total. The molecule has 4 aromatic rings. The van der Waals surface area contributed by atoms with E-state index in [1.165, 1.54) is 17.7 Å². The molecule has 2 heterocycles. The lowest BCUT2D eigenvalue weighted by molar-refractivity contribution is 0.404. The van der Waals surface area contributed by atoms with Crippen LogP contribution in [0.4, 0.5) is 11.5 Å². The van der Waals surface area contributed by atoms with Gasteiger partial charge in [0.25, 0.3) is 0 Å². The Bertz CT molecular complexity index is 1050. The fourth-order valence-corrected chi connectivity index (χ4v) is 2.65. The highest BCUT2D eigenvalue weighted by molar-refractivity contribution is 5.80. The molecule has 0 saturated heterocycles. The summed E-state index contributed by atoms with van der Waals surface area (Å²) in [4.78, 5) is 8.85. The van der Waals surface area contributed by atoms with Crippen molar-refractivity contribution in [3.05, 3.63) is 66.5 Å². The average molecular weight is 332 g/mol. The summed E-state index contributed by atoms with van der Waals surface area (Å²) < 4.78 is 1.85. The van der Waals surface area contributed by atoms with Gasteiger partial charge in [-0.25, -0.2) is 9.97 Å². The van der Waals surface area contributed by atoms with E-state index >= 15 is 0 Å². The van der Waals surface area contributed by atoms with E-state index in [9.17, 15) is 10.2 Å². The van der Waals surface area contributed by atoms with Crippen molar-refractivity contribution in [3.8, 4) is 22.8 Å². The van der Waals surface area contributed by atoms with Crippen molar-refractivity contribution in [2.75, 3.05) is 5.32 Å². The maximum absolute atomic E-state index is 9.83. The lowest BCUT2D eigenvalue weighted by Gasteiger charge is -2.09. The smallest absolute Gasteiger partial charge is 0.235 e. The summed E-state index contributed by atoms with van der Waals surface area (Å²) >= 11 is 0. The van der Waals surface area contributed by atoms with E-state index in [2.05, 4.69) is 15.3 Å². The van der Waals surface area contributed by atoms with Crippen molar-refractivity contribution in [2.45, 2.75) is 6.92 Å². The standard InChI is InChI=1S/C19H16N4O2/c1-12-3-6-14(7-4-12)21-18-17(13-5-8-15(24)16(25)11-13)22-19-20-9-2-10-23(18)19/h2-11,21,24-25H,1H3. The van der Waals surface area contributed by atoms with Crippen LogP contribution >= 0.6 is 0 Å². The van der Waals surface area contributed by atoms with Crippen molar-refractivity contribution in [3.63, 3.8) is 0 Å². The molecule has 4 rings (SSSR count). The van der Waals surface area contributed by atoms with E-state index in [0.717, 1.165) is 11.5 Å². The number of nitrogens with one attached hydrogen (secondary N) is 1. The van der Waals surface area contributed by atoms with Crippen molar-refractivity contribution in [2.24, 2.45) is 0 Å². The van der Waals surface area contributed by atoms with E-state index < -0.39 is 0 Å². The van der Waals surface area contributed by atoms with Crippen LogP contribution in [0.2, 0.25) is 0 Å². The fraction of sp³-hybridized carbons (Fsp3) is 0.0526. The maximum atomic E-state index is 9.83. The Morgan fingerprint density at radius 2 is 1.80 bits per heavy atom. The first-order valence-corrected chi connectivity index (χ1v) is 7.81. The molecular formula is C19H16N4O2. The summed E-state index contributed by atoms with van der Waals surface area (Å²) in [7, 11) is 0. The SMILES string of the molecule is Cc1ccc(Nc2c(-c3ccc(O)c(O)c3)nc3ncccn23)cc1. The summed E-state index contributed by atoms with van der Waals surface area (Å²) in [5, 5.41) is 22.8. The van der Waals surface area contributed by atoms with Gasteiger partial charge in [-0.15, -0.1) is 0 Å². The molecular weight excluding hydrogens is 316 g/mol. The summed E-state index contributed by atoms with van der Waals surface area (Å²) in [5.41, 5.74) is 3.40. The van der Waals surface area contributed by atoms with Crippen LogP contribution < -0.4 is 5.32 Å². The molecule has 0 amide bonds. The molecule has 0 aliphatic rings. The minimum Gasteiger partial charge on any atom is -0.504 e. The normalized spacial score (nSPS) is 10.9. The summed E-state index contributed by atoms with van der Waals surface area (Å²) in [6, 6.07) is 14.5. The molecule has 0 spiro atoms. The van der Waals surface area contributed by atoms with Crippen LogP contribution in [0.15, 0.2) is 60.9 Å². The molecule has 124 valence electrons. The lowest BCUT2D eigenvalue weighted by Crippen LogP contribution is -1.97. The fourth-order valence-electron chi connectivity index (χ4n) is 2.65. The van der Waals surface area contributed by atoms with Gasteiger partial charge in [0, 0.05) is 23.6 Å². The van der Waals surface area contributed by atoms with E-state index in [1.54, 1.807) is 12.3 Å². The number of phenols is 2. The van der Waals surface area contributed by atoms with Crippen LogP contribution in [0, 0.1) is 6.92 Å². The Balaban J connectivity index is 1.88. The summed E-state index contributed by atoms with van der Waals surface area (Å²) in [5.74, 6) is 0.916. The maximum Gasteiger partial charge on any atom is 0.235 e. The highest BCUT2D eigenvalue weighted by Crippen LogP contribution is 2.35. The number of nitrogens with zero attached hydrogens (tertiary/aromatic N) is 3. The summed E-state index contributed by atoms with van der Waals surface area (Å²) in [6.45, 7) is 2.03. The van der Waals surface area contributed by atoms with Gasteiger partial charge in [-0.2, -0.15) is 0 Å². The molecule has 2 aromatic heterocycles. The lowest BCUT2D eigenvalue weighted by atomic mass is 10.1. The van der Waals surface area contributed by atoms with Gasteiger partial charge in [-0.1, -0.05) is 17.7 Å². The highest BCUT2D eigenvalue weighted by atomic mass is 16.3. The van der Waals surface area contributed by atoms with E-state index in [4.69, 9.17) is 0 Å². The average Bonchev–Trinajstić information content (AvgIpc) is 2.98. The van der Waals surface area contributed by atoms with E-state index in [-0.39, 0.29) is 11.5 Å². The predicted octanol–water partition coefficient (Wildman–Crippen LogP) is 3.86. The van der Waals surface area contributed by atoms with Gasteiger partial charge in [0.2, 0.25) is 5.78 Å². The third kappa shape index (κ3) is 2.74. The molecule has 3 N–H and O–H groups in total. The number of benzene rings is 2. The van der Waals surface area contributed by atoms with Crippen LogP contribution in [0.25, 0.3) is 17.0 Å². The van der Waals surface area contributed by atoms with Gasteiger partial charge < -0.3 is 15.5 Å². The van der Waals surface area contributed by atoms with Gasteiger partial charge >= 0.3 is 0 Å². The summed E-state index contributed by atoms with van der Waals surface area (Å²) in [6.07, 6.45) is 3.55. The number of aromatic nitrogens is 3. The first-order valence-electron chi connectivity index (χ1n) is 7.81. The van der Waals surface area contributed by atoms with Crippen molar-refractivity contribution >= 4 is 17.3 Å². The number of anilines is 2. The molecule has 0 unspecified atom stereocenters. The second-order valence-electron chi connectivity index (χ2n) is 5.79. The number of rotatable bonds is 3. The first kappa shape index (κ1) is 15.0. The Labute approximate surface area is 144 Å². The second-order valence-corrected chi connectivity index (χ2v) is 5.79. The first-order chi connectivity index (χ1) is 12.1. The number of aryl methyl sites for hydroxylation is 1. The number of hydrogen-bond acceptors (Lipinski definition) is 5. The number of aromatic hydroxyl groups is 2. The van der Waals surface area contributed by atoms with Gasteiger partial charge in [-0.05, 0) is 43.3 Å². The van der Waals surface area contributed by atoms with E-state index in [0.29, 0.717) is 17.0 Å². The Morgan fingerprint density at radius 3 is 2.56 bits per heavy atom. The third-order valence-electron chi connectivity index (χ3n) is 3.97. The monoisotopic (exact) mass is 332 g/mol. The molecule has 0 fully saturated rings. The Kier molecular flexibility index (Phi) is 3.50. The van der Waals surface area contributed by atoms with Crippen LogP contribution in [0.5, 0.6) is 11.5 Å². The molecule has 0 aliphatic heterocycles. The Hall–Kier alpha value is -3.54. The van der Waals surface area contributed by atoms with Crippen molar-refractivity contribution in [1.29, 1.82) is 0 Å². The molecule has 2 aromatic carbocycles. The van der Waals surface area contributed by atoms with Gasteiger partial charge in [0.15, 0.2) is 11.5 Å². The number of phenolic OH excluding ortho intramolecular Hbond substituents is 2. The minimum atomic E-state index is -0.191. The zero-order valence-electron chi connectivity index (χ0n) is 13.5. The number of fused-ring (bicyclic) bond motifs is 1.